The fraction of sp³-hybridized carbons (Fsp3) is 0.667. The third-order valence-electron chi connectivity index (χ3n) is 1.21. The first kappa shape index (κ1) is 12.8. The molecule has 0 saturated carbocycles. The van der Waals surface area contributed by atoms with Gasteiger partial charge in [0.15, 0.2) is 0 Å². The van der Waals surface area contributed by atoms with E-state index in [4.69, 9.17) is 10.8 Å². The Kier molecular flexibility index (Phi) is 6.13. The number of hydrogen-bond acceptors (Lipinski definition) is 6. The van der Waals surface area contributed by atoms with Crippen molar-refractivity contribution in [3.63, 3.8) is 0 Å². The highest BCUT2D eigenvalue weighted by Gasteiger charge is 2.16. The van der Waals surface area contributed by atoms with E-state index < -0.39 is 18.1 Å². The third-order valence-corrected chi connectivity index (χ3v) is 2.57. The molecule has 0 unspecified atom stereocenters. The lowest BCUT2D eigenvalue weighted by Crippen LogP contribution is -2.35. The van der Waals surface area contributed by atoms with Gasteiger partial charge in [0, 0.05) is 5.75 Å². The van der Waals surface area contributed by atoms with Crippen molar-refractivity contribution in [2.24, 2.45) is 5.73 Å². The number of carboxylic acids is 1. The molecule has 0 aromatic rings. The molecule has 0 radical (unpaired) electrons. The van der Waals surface area contributed by atoms with Gasteiger partial charge in [0.25, 0.3) is 0 Å². The van der Waals surface area contributed by atoms with Crippen LogP contribution in [-0.4, -0.2) is 34.0 Å². The molecule has 0 amide bonds. The summed E-state index contributed by atoms with van der Waals surface area (Å²) in [6.45, 7) is 1.44. The lowest BCUT2D eigenvalue weighted by molar-refractivity contribution is -0.138. The monoisotopic (exact) mass is 224 g/mol. The van der Waals surface area contributed by atoms with Gasteiger partial charge < -0.3 is 10.8 Å². The molecule has 0 heterocycles. The maximum absolute atomic E-state index is 11.0. The second-order valence-corrected chi connectivity index (χ2v) is 3.60. The van der Waals surface area contributed by atoms with Crippen LogP contribution >= 0.6 is 24.6 Å². The van der Waals surface area contributed by atoms with Crippen LogP contribution in [0.4, 0.5) is 0 Å². The molecule has 76 valence electrons. The summed E-state index contributed by atoms with van der Waals surface area (Å²) in [6, 6.07) is -1.44. The Morgan fingerprint density at radius 3 is 2.62 bits per heavy atom. The Balaban J connectivity index is 3.76. The topological polar surface area (TPSA) is 92.4 Å². The van der Waals surface area contributed by atoms with Crippen molar-refractivity contribution in [1.29, 1.82) is 0 Å². The summed E-state index contributed by atoms with van der Waals surface area (Å²) in [7, 11) is 0. The molecule has 0 aliphatic carbocycles. The molecular weight excluding hydrogens is 212 g/mol. The number of thiol groups is 1. The van der Waals surface area contributed by atoms with Crippen LogP contribution in [0.3, 0.4) is 0 Å². The van der Waals surface area contributed by atoms with E-state index in [1.165, 1.54) is 6.92 Å². The molecule has 0 aromatic carbocycles. The Morgan fingerprint density at radius 1 is 1.69 bits per heavy atom. The highest BCUT2D eigenvalue weighted by Crippen LogP contribution is 2.02. The first-order chi connectivity index (χ1) is 5.99. The number of nitrogens with two attached hydrogens (primary N) is 1. The predicted octanol–water partition coefficient (Wildman–Crippen LogP) is -0.519. The van der Waals surface area contributed by atoms with Crippen molar-refractivity contribution >= 4 is 35.7 Å². The number of carbonyl (C=O) groups excluding carboxylic acids is 1. The van der Waals surface area contributed by atoms with E-state index in [1.807, 2.05) is 0 Å². The van der Waals surface area contributed by atoms with Crippen LogP contribution in [0.2, 0.25) is 0 Å². The van der Waals surface area contributed by atoms with E-state index in [0.29, 0.717) is 11.9 Å². The lowest BCUT2D eigenvalue weighted by atomic mass is 10.4. The first-order valence-corrected chi connectivity index (χ1v) is 4.99. The number of rotatable bonds is 5. The van der Waals surface area contributed by atoms with Crippen LogP contribution < -0.4 is 10.5 Å². The molecule has 0 rings (SSSR count). The number of nitrogens with one attached hydrogen (secondary N) is 1. The summed E-state index contributed by atoms with van der Waals surface area (Å²) in [6.07, 6.45) is 0. The van der Waals surface area contributed by atoms with Crippen LogP contribution in [0.5, 0.6) is 0 Å². The number of carbonyl (C=O) groups is 2. The Morgan fingerprint density at radius 2 is 2.23 bits per heavy atom. The van der Waals surface area contributed by atoms with Crippen LogP contribution in [0.1, 0.15) is 6.92 Å². The molecule has 0 aliphatic rings. The van der Waals surface area contributed by atoms with Crippen LogP contribution in [-0.2, 0) is 9.59 Å². The van der Waals surface area contributed by atoms with Gasteiger partial charge in [0.2, 0.25) is 5.12 Å². The van der Waals surface area contributed by atoms with E-state index in [2.05, 4.69) is 17.4 Å². The van der Waals surface area contributed by atoms with Crippen LogP contribution in [0.25, 0.3) is 0 Å². The maximum Gasteiger partial charge on any atom is 0.321 e. The SMILES string of the molecule is C[C@H](NSC(=O)[C@@H](N)CS)C(=O)O. The zero-order chi connectivity index (χ0) is 10.4. The summed E-state index contributed by atoms with van der Waals surface area (Å²) >= 11 is 4.54. The third kappa shape index (κ3) is 5.14. The van der Waals surface area contributed by atoms with Gasteiger partial charge in [-0.2, -0.15) is 12.6 Å². The standard InChI is InChI=1S/C6H12N2O3S2/c1-3(5(9)10)8-13-6(11)4(7)2-12/h3-4,8,12H,2,7H2,1H3,(H,9,10)/t3-,4-/m0/s1. The molecule has 5 nitrogen and oxygen atoms in total. The summed E-state index contributed by atoms with van der Waals surface area (Å²) in [4.78, 5) is 21.4. The molecule has 2 atom stereocenters. The number of aliphatic carboxylic acids is 1. The van der Waals surface area contributed by atoms with Crippen molar-refractivity contribution in [3.8, 4) is 0 Å². The molecule has 7 heteroatoms. The quantitative estimate of drug-likeness (QED) is 0.371. The van der Waals surface area contributed by atoms with Crippen molar-refractivity contribution in [2.75, 3.05) is 5.75 Å². The normalized spacial score (nSPS) is 15.0. The molecule has 0 bridgehead atoms. The Labute approximate surface area is 86.0 Å². The van der Waals surface area contributed by atoms with Crippen LogP contribution in [0, 0.1) is 0 Å². The van der Waals surface area contributed by atoms with Gasteiger partial charge in [-0.1, -0.05) is 0 Å². The summed E-state index contributed by atoms with van der Waals surface area (Å²) in [5.41, 5.74) is 5.34. The molecule has 4 N–H and O–H groups in total. The largest absolute Gasteiger partial charge is 0.480 e. The van der Waals surface area contributed by atoms with Gasteiger partial charge in [-0.15, -0.1) is 0 Å². The second kappa shape index (κ2) is 6.25. The van der Waals surface area contributed by atoms with Gasteiger partial charge in [0.05, 0.1) is 6.04 Å². The van der Waals surface area contributed by atoms with Crippen molar-refractivity contribution in [2.45, 2.75) is 19.0 Å². The molecule has 13 heavy (non-hydrogen) atoms. The van der Waals surface area contributed by atoms with E-state index in [-0.39, 0.29) is 10.9 Å². The fourth-order valence-corrected chi connectivity index (χ4v) is 1.26. The highest BCUT2D eigenvalue weighted by atomic mass is 32.2. The number of carboxylic acid groups (broad SMARTS) is 1. The average molecular weight is 224 g/mol. The lowest BCUT2D eigenvalue weighted by Gasteiger charge is -2.09. The average Bonchev–Trinajstić information content (AvgIpc) is 2.11. The summed E-state index contributed by atoms with van der Waals surface area (Å²) < 4.78 is 2.45. The molecule has 0 aromatic heterocycles. The van der Waals surface area contributed by atoms with Crippen LogP contribution in [0.15, 0.2) is 0 Å². The maximum atomic E-state index is 11.0. The van der Waals surface area contributed by atoms with Gasteiger partial charge >= 0.3 is 5.97 Å². The Hall–Kier alpha value is -0.240. The van der Waals surface area contributed by atoms with E-state index >= 15 is 0 Å². The minimum absolute atomic E-state index is 0.245. The zero-order valence-electron chi connectivity index (χ0n) is 7.06. The summed E-state index contributed by atoms with van der Waals surface area (Å²) in [5, 5.41) is 8.14. The van der Waals surface area contributed by atoms with E-state index in [9.17, 15) is 9.59 Å². The summed E-state index contributed by atoms with van der Waals surface area (Å²) in [5.74, 6) is -0.769. The minimum Gasteiger partial charge on any atom is -0.480 e. The number of hydrogen-bond donors (Lipinski definition) is 4. The Bertz CT molecular complexity index is 200. The molecule has 0 spiro atoms. The predicted molar refractivity (Wildman–Crippen MR) is 54.7 cm³/mol. The first-order valence-electron chi connectivity index (χ1n) is 3.54. The van der Waals surface area contributed by atoms with Gasteiger partial charge in [-0.3, -0.25) is 9.59 Å². The van der Waals surface area contributed by atoms with E-state index in [0.717, 1.165) is 0 Å². The van der Waals surface area contributed by atoms with Crippen molar-refractivity contribution in [1.82, 2.24) is 4.72 Å². The van der Waals surface area contributed by atoms with Gasteiger partial charge in [-0.05, 0) is 18.9 Å². The second-order valence-electron chi connectivity index (χ2n) is 2.39. The van der Waals surface area contributed by atoms with Gasteiger partial charge in [0.1, 0.15) is 6.04 Å². The highest BCUT2D eigenvalue weighted by molar-refractivity contribution is 8.12. The molecule has 0 fully saturated rings. The minimum atomic E-state index is -1.01. The molecule has 0 aliphatic heterocycles. The molecular formula is C6H12N2O3S2. The van der Waals surface area contributed by atoms with Crippen molar-refractivity contribution < 1.29 is 14.7 Å². The van der Waals surface area contributed by atoms with Crippen molar-refractivity contribution in [3.05, 3.63) is 0 Å². The molecule has 0 saturated heterocycles. The fourth-order valence-electron chi connectivity index (χ4n) is 0.347. The van der Waals surface area contributed by atoms with E-state index in [1.54, 1.807) is 0 Å². The smallest absolute Gasteiger partial charge is 0.321 e. The zero-order valence-corrected chi connectivity index (χ0v) is 8.77. The van der Waals surface area contributed by atoms with Gasteiger partial charge in [-0.25, -0.2) is 4.72 Å².